The molecule has 3 aromatic rings. The maximum absolute atomic E-state index is 13.0. The third kappa shape index (κ3) is 3.76. The van der Waals surface area contributed by atoms with Crippen LogP contribution in [0.5, 0.6) is 5.75 Å². The van der Waals surface area contributed by atoms with Crippen LogP contribution >= 0.6 is 0 Å². The molecule has 0 aliphatic carbocycles. The fourth-order valence-corrected chi connectivity index (χ4v) is 2.85. The summed E-state index contributed by atoms with van der Waals surface area (Å²) in [6.45, 7) is 6.08. The number of ether oxygens (including phenoxy) is 1. The molecule has 0 bridgehead atoms. The van der Waals surface area contributed by atoms with Crippen molar-refractivity contribution in [3.05, 3.63) is 83.2 Å². The number of nitrogens with zero attached hydrogens (tertiary/aromatic N) is 2. The van der Waals surface area contributed by atoms with Crippen molar-refractivity contribution in [2.45, 2.75) is 26.7 Å². The highest BCUT2D eigenvalue weighted by molar-refractivity contribution is 5.74. The minimum absolute atomic E-state index is 0.0747. The van der Waals surface area contributed by atoms with Gasteiger partial charge >= 0.3 is 6.09 Å². The van der Waals surface area contributed by atoms with E-state index < -0.39 is 6.09 Å². The van der Waals surface area contributed by atoms with E-state index in [2.05, 4.69) is 23.2 Å². The van der Waals surface area contributed by atoms with Gasteiger partial charge in [0.2, 0.25) is 0 Å². The number of aromatic nitrogens is 2. The van der Waals surface area contributed by atoms with Crippen molar-refractivity contribution in [2.75, 3.05) is 0 Å². The molecule has 25 heavy (non-hydrogen) atoms. The molecule has 0 amide bonds. The first kappa shape index (κ1) is 16.9. The summed E-state index contributed by atoms with van der Waals surface area (Å²) in [5.74, 6) is 0.420. The highest BCUT2D eigenvalue weighted by Gasteiger charge is 2.20. The molecule has 0 saturated carbocycles. The SMILES string of the molecule is Cc1cc(C)cc(C(C)c2nccn2C(=O)Oc2ccc(F)cc2)c1. The van der Waals surface area contributed by atoms with E-state index in [0.717, 1.165) is 16.7 Å². The summed E-state index contributed by atoms with van der Waals surface area (Å²) in [6, 6.07) is 11.6. The van der Waals surface area contributed by atoms with E-state index in [1.165, 1.54) is 28.8 Å². The molecule has 0 aliphatic heterocycles. The highest BCUT2D eigenvalue weighted by Crippen LogP contribution is 2.25. The summed E-state index contributed by atoms with van der Waals surface area (Å²) < 4.78 is 19.7. The van der Waals surface area contributed by atoms with Crippen LogP contribution in [-0.2, 0) is 0 Å². The minimum Gasteiger partial charge on any atom is -0.410 e. The van der Waals surface area contributed by atoms with E-state index in [-0.39, 0.29) is 17.5 Å². The molecule has 128 valence electrons. The maximum Gasteiger partial charge on any atom is 0.424 e. The van der Waals surface area contributed by atoms with Crippen LogP contribution in [0.15, 0.2) is 54.9 Å². The number of hydrogen-bond acceptors (Lipinski definition) is 3. The van der Waals surface area contributed by atoms with Gasteiger partial charge in [0, 0.05) is 18.3 Å². The quantitative estimate of drug-likeness (QED) is 0.686. The Balaban J connectivity index is 1.86. The molecule has 0 saturated heterocycles. The van der Waals surface area contributed by atoms with Gasteiger partial charge in [-0.1, -0.05) is 36.2 Å². The van der Waals surface area contributed by atoms with E-state index >= 15 is 0 Å². The van der Waals surface area contributed by atoms with Crippen LogP contribution in [0.2, 0.25) is 0 Å². The van der Waals surface area contributed by atoms with Crippen LogP contribution in [0.3, 0.4) is 0 Å². The normalized spacial score (nSPS) is 12.0. The van der Waals surface area contributed by atoms with E-state index in [4.69, 9.17) is 4.74 Å². The monoisotopic (exact) mass is 338 g/mol. The van der Waals surface area contributed by atoms with Crippen molar-refractivity contribution < 1.29 is 13.9 Å². The largest absolute Gasteiger partial charge is 0.424 e. The van der Waals surface area contributed by atoms with Crippen LogP contribution < -0.4 is 4.74 Å². The first-order valence-electron chi connectivity index (χ1n) is 8.03. The van der Waals surface area contributed by atoms with Gasteiger partial charge in [-0.05, 0) is 43.7 Å². The molecule has 0 aliphatic rings. The van der Waals surface area contributed by atoms with Crippen molar-refractivity contribution in [3.8, 4) is 5.75 Å². The predicted octanol–water partition coefficient (Wildman–Crippen LogP) is 4.84. The Labute approximate surface area is 145 Å². The average molecular weight is 338 g/mol. The number of rotatable bonds is 3. The van der Waals surface area contributed by atoms with Crippen LogP contribution in [0.4, 0.5) is 9.18 Å². The topological polar surface area (TPSA) is 44.1 Å². The molecule has 2 aromatic carbocycles. The molecule has 5 heteroatoms. The number of carbonyl (C=O) groups is 1. The fourth-order valence-electron chi connectivity index (χ4n) is 2.85. The van der Waals surface area contributed by atoms with Crippen molar-refractivity contribution in [3.63, 3.8) is 0 Å². The van der Waals surface area contributed by atoms with Gasteiger partial charge in [-0.3, -0.25) is 0 Å². The van der Waals surface area contributed by atoms with E-state index in [1.807, 2.05) is 20.8 Å². The van der Waals surface area contributed by atoms with E-state index in [0.29, 0.717) is 5.82 Å². The number of hydrogen-bond donors (Lipinski definition) is 0. The van der Waals surface area contributed by atoms with Gasteiger partial charge in [-0.2, -0.15) is 0 Å². The van der Waals surface area contributed by atoms with Gasteiger partial charge in [0.25, 0.3) is 0 Å². The van der Waals surface area contributed by atoms with Gasteiger partial charge < -0.3 is 4.74 Å². The number of imidazole rings is 1. The molecule has 0 spiro atoms. The summed E-state index contributed by atoms with van der Waals surface area (Å²) >= 11 is 0. The molecular weight excluding hydrogens is 319 g/mol. The highest BCUT2D eigenvalue weighted by atomic mass is 19.1. The van der Waals surface area contributed by atoms with Crippen molar-refractivity contribution in [1.82, 2.24) is 9.55 Å². The molecule has 3 rings (SSSR count). The van der Waals surface area contributed by atoms with Gasteiger partial charge in [-0.15, -0.1) is 0 Å². The Morgan fingerprint density at radius 2 is 1.76 bits per heavy atom. The molecule has 1 heterocycles. The summed E-state index contributed by atoms with van der Waals surface area (Å²) in [6.07, 6.45) is 2.57. The lowest BCUT2D eigenvalue weighted by Gasteiger charge is -2.15. The number of carbonyl (C=O) groups excluding carboxylic acids is 1. The molecule has 4 nitrogen and oxygen atoms in total. The first-order chi connectivity index (χ1) is 11.9. The zero-order valence-electron chi connectivity index (χ0n) is 14.4. The third-order valence-electron chi connectivity index (χ3n) is 4.02. The Hall–Kier alpha value is -2.95. The zero-order chi connectivity index (χ0) is 18.0. The summed E-state index contributed by atoms with van der Waals surface area (Å²) in [4.78, 5) is 16.8. The van der Waals surface area contributed by atoms with Crippen LogP contribution in [0.25, 0.3) is 0 Å². The number of aryl methyl sites for hydroxylation is 2. The van der Waals surface area contributed by atoms with Crippen molar-refractivity contribution in [2.24, 2.45) is 0 Å². The molecule has 1 atom stereocenters. The standard InChI is InChI=1S/C20H19FN2O2/c1-13-10-14(2)12-16(11-13)15(3)19-22-8-9-23(19)20(24)25-18-6-4-17(21)5-7-18/h4-12,15H,1-3H3. The van der Waals surface area contributed by atoms with E-state index in [9.17, 15) is 9.18 Å². The van der Waals surface area contributed by atoms with Gasteiger partial charge in [0.15, 0.2) is 0 Å². The first-order valence-corrected chi connectivity index (χ1v) is 8.03. The molecule has 1 unspecified atom stereocenters. The Morgan fingerprint density at radius 1 is 1.12 bits per heavy atom. The number of benzene rings is 2. The van der Waals surface area contributed by atoms with Gasteiger partial charge in [-0.25, -0.2) is 18.7 Å². The van der Waals surface area contributed by atoms with Crippen LogP contribution in [-0.4, -0.2) is 15.6 Å². The Morgan fingerprint density at radius 3 is 2.40 bits per heavy atom. The summed E-state index contributed by atoms with van der Waals surface area (Å²) in [5.41, 5.74) is 3.40. The van der Waals surface area contributed by atoms with Crippen LogP contribution in [0.1, 0.15) is 35.4 Å². The van der Waals surface area contributed by atoms with E-state index in [1.54, 1.807) is 12.4 Å². The fraction of sp³-hybridized carbons (Fsp3) is 0.200. The molecule has 0 N–H and O–H groups in total. The van der Waals surface area contributed by atoms with Crippen molar-refractivity contribution >= 4 is 6.09 Å². The van der Waals surface area contributed by atoms with Crippen molar-refractivity contribution in [1.29, 1.82) is 0 Å². The average Bonchev–Trinajstić information content (AvgIpc) is 3.05. The second kappa shape index (κ2) is 6.89. The maximum atomic E-state index is 13.0. The second-order valence-electron chi connectivity index (χ2n) is 6.12. The summed E-state index contributed by atoms with van der Waals surface area (Å²) in [5, 5.41) is 0. The molecule has 1 aromatic heterocycles. The van der Waals surface area contributed by atoms with Gasteiger partial charge in [0.1, 0.15) is 17.4 Å². The predicted molar refractivity (Wildman–Crippen MR) is 93.5 cm³/mol. The zero-order valence-corrected chi connectivity index (χ0v) is 14.4. The minimum atomic E-state index is -0.574. The third-order valence-corrected chi connectivity index (χ3v) is 4.02. The molecular formula is C20H19FN2O2. The lowest BCUT2D eigenvalue weighted by molar-refractivity contribution is 0.201. The molecule has 0 radical (unpaired) electrons. The Kier molecular flexibility index (Phi) is 4.65. The lowest BCUT2D eigenvalue weighted by Crippen LogP contribution is -2.20. The smallest absolute Gasteiger partial charge is 0.410 e. The second-order valence-corrected chi connectivity index (χ2v) is 6.12. The Bertz CT molecular complexity index is 880. The van der Waals surface area contributed by atoms with Gasteiger partial charge in [0.05, 0.1) is 0 Å². The number of halogens is 1. The summed E-state index contributed by atoms with van der Waals surface area (Å²) in [7, 11) is 0. The molecule has 0 fully saturated rings. The van der Waals surface area contributed by atoms with Crippen LogP contribution in [0, 0.1) is 19.7 Å². The lowest BCUT2D eigenvalue weighted by atomic mass is 9.96.